The second-order valence-electron chi connectivity index (χ2n) is 9.11. The van der Waals surface area contributed by atoms with E-state index in [0.717, 1.165) is 73.5 Å². The van der Waals surface area contributed by atoms with E-state index in [1.165, 1.54) is 6.33 Å². The number of amidine groups is 1. The number of carbonyl (C=O) groups is 1. The molecule has 1 aromatic heterocycles. The lowest BCUT2D eigenvalue weighted by molar-refractivity contribution is 0.0122. The molecule has 9 heteroatoms. The monoisotopic (exact) mass is 514 g/mol. The first-order valence-corrected chi connectivity index (χ1v) is 12.2. The van der Waals surface area contributed by atoms with Crippen molar-refractivity contribution in [2.24, 2.45) is 5.16 Å². The summed E-state index contributed by atoms with van der Waals surface area (Å²) in [6, 6.07) is 7.83. The number of amides is 1. The molecule has 0 spiro atoms. The number of carbonyl (C=O) groups excluding carboxylic acids is 1. The maximum atomic E-state index is 13.1. The van der Waals surface area contributed by atoms with Crippen LogP contribution in [0.4, 0.5) is 0 Å². The van der Waals surface area contributed by atoms with E-state index in [4.69, 9.17) is 0 Å². The molecular formula is C24H31BrN6O2. The summed E-state index contributed by atoms with van der Waals surface area (Å²) in [5.74, 6) is 0.652. The molecule has 3 heterocycles. The lowest BCUT2D eigenvalue weighted by Gasteiger charge is -2.50. The Bertz CT molecular complexity index is 1010. The quantitative estimate of drug-likeness (QED) is 0.292. The second-order valence-corrected chi connectivity index (χ2v) is 10.0. The Morgan fingerprint density at radius 2 is 1.55 bits per heavy atom. The minimum Gasteiger partial charge on any atom is -0.409 e. The molecule has 0 bridgehead atoms. The SMILES string of the molecule is Cc1ncnc(C)c1C(=O)N1CCC(C)(N2CCN(/C(=N/O)c3ccc(Br)cc3)CC2)CC1. The van der Waals surface area contributed by atoms with E-state index in [0.29, 0.717) is 11.4 Å². The molecule has 1 aromatic carbocycles. The molecular weight excluding hydrogens is 484 g/mol. The zero-order valence-corrected chi connectivity index (χ0v) is 21.0. The number of nitrogens with zero attached hydrogens (tertiary/aromatic N) is 6. The summed E-state index contributed by atoms with van der Waals surface area (Å²) in [7, 11) is 0. The molecule has 8 nitrogen and oxygen atoms in total. The summed E-state index contributed by atoms with van der Waals surface area (Å²) < 4.78 is 0.996. The van der Waals surface area contributed by atoms with E-state index in [-0.39, 0.29) is 11.4 Å². The molecule has 176 valence electrons. The molecule has 2 aromatic rings. The Labute approximate surface area is 203 Å². The van der Waals surface area contributed by atoms with Gasteiger partial charge in [-0.3, -0.25) is 9.69 Å². The fraction of sp³-hybridized carbons (Fsp3) is 0.500. The van der Waals surface area contributed by atoms with Gasteiger partial charge in [-0.05, 0) is 45.7 Å². The van der Waals surface area contributed by atoms with Gasteiger partial charge in [0.2, 0.25) is 0 Å². The van der Waals surface area contributed by atoms with Gasteiger partial charge in [-0.2, -0.15) is 0 Å². The van der Waals surface area contributed by atoms with E-state index in [1.807, 2.05) is 43.0 Å². The second kappa shape index (κ2) is 9.77. The third-order valence-electron chi connectivity index (χ3n) is 7.11. The molecule has 4 rings (SSSR count). The largest absolute Gasteiger partial charge is 0.409 e. The van der Waals surface area contributed by atoms with Crippen molar-refractivity contribution in [3.8, 4) is 0 Å². The van der Waals surface area contributed by atoms with Gasteiger partial charge < -0.3 is 15.0 Å². The van der Waals surface area contributed by atoms with Gasteiger partial charge >= 0.3 is 0 Å². The summed E-state index contributed by atoms with van der Waals surface area (Å²) in [6.45, 7) is 10.9. The van der Waals surface area contributed by atoms with Gasteiger partial charge in [-0.25, -0.2) is 9.97 Å². The summed E-state index contributed by atoms with van der Waals surface area (Å²) in [5.41, 5.74) is 3.07. The highest BCUT2D eigenvalue weighted by Crippen LogP contribution is 2.31. The number of halogens is 1. The van der Waals surface area contributed by atoms with Gasteiger partial charge in [0.05, 0.1) is 17.0 Å². The van der Waals surface area contributed by atoms with E-state index in [1.54, 1.807) is 0 Å². The van der Waals surface area contributed by atoms with Crippen molar-refractivity contribution >= 4 is 27.7 Å². The van der Waals surface area contributed by atoms with Crippen LogP contribution in [0.15, 0.2) is 40.2 Å². The first kappa shape index (κ1) is 23.6. The summed E-state index contributed by atoms with van der Waals surface area (Å²) in [4.78, 5) is 28.2. The highest BCUT2D eigenvalue weighted by atomic mass is 79.9. The molecule has 33 heavy (non-hydrogen) atoms. The summed E-state index contributed by atoms with van der Waals surface area (Å²) in [5, 5.41) is 13.2. The fourth-order valence-corrected chi connectivity index (χ4v) is 5.19. The number of likely N-dealkylation sites (tertiary alicyclic amines) is 1. The van der Waals surface area contributed by atoms with E-state index < -0.39 is 0 Å². The number of aryl methyl sites for hydroxylation is 2. The normalized spacial score (nSPS) is 19.6. The lowest BCUT2D eigenvalue weighted by Crippen LogP contribution is -2.60. The molecule has 2 saturated heterocycles. The zero-order valence-electron chi connectivity index (χ0n) is 19.5. The van der Waals surface area contributed by atoms with Crippen LogP contribution in [0.25, 0.3) is 0 Å². The van der Waals surface area contributed by atoms with Crippen molar-refractivity contribution in [2.45, 2.75) is 39.2 Å². The first-order valence-electron chi connectivity index (χ1n) is 11.4. The minimum atomic E-state index is 0.0377. The number of piperidine rings is 1. The average Bonchev–Trinajstić information content (AvgIpc) is 2.81. The Balaban J connectivity index is 1.36. The highest BCUT2D eigenvalue weighted by molar-refractivity contribution is 9.10. The molecule has 2 aliphatic rings. The van der Waals surface area contributed by atoms with Crippen molar-refractivity contribution < 1.29 is 10.0 Å². The molecule has 2 fully saturated rings. The number of aromatic nitrogens is 2. The van der Waals surface area contributed by atoms with Crippen molar-refractivity contribution in [2.75, 3.05) is 39.3 Å². The third kappa shape index (κ3) is 4.89. The smallest absolute Gasteiger partial charge is 0.257 e. The van der Waals surface area contributed by atoms with E-state index in [9.17, 15) is 10.0 Å². The van der Waals surface area contributed by atoms with Crippen molar-refractivity contribution in [3.63, 3.8) is 0 Å². The molecule has 0 unspecified atom stereocenters. The molecule has 1 N–H and O–H groups in total. The van der Waals surface area contributed by atoms with Gasteiger partial charge in [0.15, 0.2) is 5.84 Å². The van der Waals surface area contributed by atoms with Crippen LogP contribution in [0.5, 0.6) is 0 Å². The maximum absolute atomic E-state index is 13.1. The van der Waals surface area contributed by atoms with Gasteiger partial charge in [0.1, 0.15) is 6.33 Å². The number of hydrogen-bond acceptors (Lipinski definition) is 6. The van der Waals surface area contributed by atoms with Crippen molar-refractivity contribution in [3.05, 3.63) is 57.6 Å². The fourth-order valence-electron chi connectivity index (χ4n) is 4.93. The van der Waals surface area contributed by atoms with Crippen LogP contribution in [0.1, 0.15) is 47.1 Å². The van der Waals surface area contributed by atoms with Crippen LogP contribution in [-0.2, 0) is 0 Å². The molecule has 0 atom stereocenters. The molecule has 0 saturated carbocycles. The Morgan fingerprint density at radius 3 is 2.09 bits per heavy atom. The number of rotatable bonds is 3. The predicted molar refractivity (Wildman–Crippen MR) is 131 cm³/mol. The van der Waals surface area contributed by atoms with Crippen molar-refractivity contribution in [1.82, 2.24) is 24.7 Å². The average molecular weight is 515 g/mol. The molecule has 0 aliphatic carbocycles. The van der Waals surface area contributed by atoms with Gasteiger partial charge in [-0.1, -0.05) is 33.2 Å². The van der Waals surface area contributed by atoms with Gasteiger partial charge in [0.25, 0.3) is 5.91 Å². The number of oxime groups is 1. The predicted octanol–water partition coefficient (Wildman–Crippen LogP) is 3.30. The van der Waals surface area contributed by atoms with Crippen LogP contribution in [0.2, 0.25) is 0 Å². The standard InChI is InChI=1S/C24H31BrN6O2/c1-17-21(18(2)27-16-26-17)23(32)30-10-8-24(3,9-11-30)31-14-12-29(13-15-31)22(28-33)19-4-6-20(25)7-5-19/h4-7,16,33H,8-15H2,1-3H3/b28-22+. The van der Waals surface area contributed by atoms with E-state index in [2.05, 4.69) is 47.8 Å². The third-order valence-corrected chi connectivity index (χ3v) is 7.64. The number of piperazine rings is 1. The topological polar surface area (TPSA) is 85.2 Å². The van der Waals surface area contributed by atoms with Gasteiger partial charge in [0, 0.05) is 54.8 Å². The van der Waals surface area contributed by atoms with Crippen molar-refractivity contribution in [1.29, 1.82) is 0 Å². The Hall–Kier alpha value is -2.52. The van der Waals surface area contributed by atoms with Crippen LogP contribution >= 0.6 is 15.9 Å². The first-order chi connectivity index (χ1) is 15.8. The lowest BCUT2D eigenvalue weighted by atomic mass is 9.86. The Morgan fingerprint density at radius 1 is 0.970 bits per heavy atom. The van der Waals surface area contributed by atoms with Crippen LogP contribution < -0.4 is 0 Å². The number of benzene rings is 1. The van der Waals surface area contributed by atoms with E-state index >= 15 is 0 Å². The Kier molecular flexibility index (Phi) is 6.99. The van der Waals surface area contributed by atoms with Gasteiger partial charge in [-0.15, -0.1) is 0 Å². The summed E-state index contributed by atoms with van der Waals surface area (Å²) in [6.07, 6.45) is 3.37. The number of hydrogen-bond donors (Lipinski definition) is 1. The van der Waals surface area contributed by atoms with Crippen LogP contribution in [0, 0.1) is 13.8 Å². The summed E-state index contributed by atoms with van der Waals surface area (Å²) >= 11 is 3.45. The van der Waals surface area contributed by atoms with Crippen LogP contribution in [0.3, 0.4) is 0 Å². The highest BCUT2D eigenvalue weighted by Gasteiger charge is 2.39. The molecule has 2 aliphatic heterocycles. The molecule has 0 radical (unpaired) electrons. The minimum absolute atomic E-state index is 0.0377. The zero-order chi connectivity index (χ0) is 23.6. The van der Waals surface area contributed by atoms with Crippen LogP contribution in [-0.4, -0.2) is 86.4 Å². The molecule has 1 amide bonds. The maximum Gasteiger partial charge on any atom is 0.257 e.